The molecule has 2 aromatic rings. The summed E-state index contributed by atoms with van der Waals surface area (Å²) in [5.74, 6) is -0.0391. The molecule has 0 fully saturated rings. The number of thioether (sulfide) groups is 1. The lowest BCUT2D eigenvalue weighted by molar-refractivity contribution is 0.102. The highest BCUT2D eigenvalue weighted by Gasteiger charge is 2.10. The Balaban J connectivity index is 2.21. The van der Waals surface area contributed by atoms with Crippen molar-refractivity contribution in [3.8, 4) is 5.75 Å². The van der Waals surface area contributed by atoms with Crippen molar-refractivity contribution in [2.45, 2.75) is 4.90 Å². The van der Waals surface area contributed by atoms with E-state index in [1.165, 1.54) is 18.0 Å². The Morgan fingerprint density at radius 1 is 1.50 bits per heavy atom. The predicted octanol–water partition coefficient (Wildman–Crippen LogP) is 2.10. The maximum Gasteiger partial charge on any atom is 0.258 e. The molecule has 18 heavy (non-hydrogen) atoms. The number of anilines is 1. The molecule has 1 aromatic heterocycles. The zero-order valence-electron chi connectivity index (χ0n) is 10.0. The molecule has 0 bridgehead atoms. The molecule has 0 radical (unpaired) electrons. The van der Waals surface area contributed by atoms with Crippen LogP contribution in [0.3, 0.4) is 0 Å². The maximum absolute atomic E-state index is 11.9. The highest BCUT2D eigenvalue weighted by atomic mass is 32.2. The number of nitrogens with zero attached hydrogens (tertiary/aromatic N) is 2. The van der Waals surface area contributed by atoms with Crippen LogP contribution in [0.5, 0.6) is 5.75 Å². The number of phenolic OH excluding ortho intramolecular Hbond substituents is 1. The monoisotopic (exact) mass is 263 g/mol. The molecule has 0 aliphatic carbocycles. The number of rotatable bonds is 3. The zero-order valence-corrected chi connectivity index (χ0v) is 10.9. The molecule has 0 spiro atoms. The minimum Gasteiger partial charge on any atom is -0.508 e. The van der Waals surface area contributed by atoms with Crippen molar-refractivity contribution in [2.75, 3.05) is 11.6 Å². The van der Waals surface area contributed by atoms with Crippen LogP contribution in [0.1, 0.15) is 10.4 Å². The Bertz CT molecular complexity index is 580. The second-order valence-corrected chi connectivity index (χ2v) is 4.59. The number of aryl methyl sites for hydroxylation is 1. The van der Waals surface area contributed by atoms with Crippen LogP contribution in [-0.4, -0.2) is 27.0 Å². The van der Waals surface area contributed by atoms with E-state index in [2.05, 4.69) is 10.4 Å². The Morgan fingerprint density at radius 2 is 2.28 bits per heavy atom. The third kappa shape index (κ3) is 2.65. The quantitative estimate of drug-likeness (QED) is 0.657. The Labute approximate surface area is 109 Å². The molecule has 6 heteroatoms. The lowest BCUT2D eigenvalue weighted by Crippen LogP contribution is -2.11. The second kappa shape index (κ2) is 5.14. The van der Waals surface area contributed by atoms with E-state index >= 15 is 0 Å². The first-order valence-corrected chi connectivity index (χ1v) is 6.49. The first-order valence-electron chi connectivity index (χ1n) is 5.27. The minimum absolute atomic E-state index is 0.179. The van der Waals surface area contributed by atoms with Gasteiger partial charge in [0, 0.05) is 18.1 Å². The van der Waals surface area contributed by atoms with E-state index in [0.717, 1.165) is 4.90 Å². The van der Waals surface area contributed by atoms with Gasteiger partial charge in [0.2, 0.25) is 0 Å². The van der Waals surface area contributed by atoms with Gasteiger partial charge in [0.15, 0.2) is 0 Å². The average molecular weight is 263 g/mol. The molecule has 0 aliphatic heterocycles. The van der Waals surface area contributed by atoms with E-state index in [-0.39, 0.29) is 11.7 Å². The van der Waals surface area contributed by atoms with Crippen molar-refractivity contribution in [3.05, 3.63) is 36.2 Å². The summed E-state index contributed by atoms with van der Waals surface area (Å²) in [4.78, 5) is 12.8. The van der Waals surface area contributed by atoms with Crippen LogP contribution in [-0.2, 0) is 7.05 Å². The minimum atomic E-state index is -0.218. The summed E-state index contributed by atoms with van der Waals surface area (Å²) in [5, 5.41) is 16.1. The number of aromatic nitrogens is 2. The third-order valence-corrected chi connectivity index (χ3v) is 3.18. The fraction of sp³-hybridized carbons (Fsp3) is 0.167. The number of carbonyl (C=O) groups is 1. The zero-order chi connectivity index (χ0) is 13.1. The summed E-state index contributed by atoms with van der Waals surface area (Å²) in [6, 6.07) is 4.83. The van der Waals surface area contributed by atoms with Gasteiger partial charge in [0.05, 0.1) is 17.4 Å². The predicted molar refractivity (Wildman–Crippen MR) is 71.0 cm³/mol. The number of nitrogens with one attached hydrogen (secondary N) is 1. The van der Waals surface area contributed by atoms with Gasteiger partial charge in [-0.2, -0.15) is 5.10 Å². The molecule has 94 valence electrons. The number of benzene rings is 1. The Kier molecular flexibility index (Phi) is 3.57. The van der Waals surface area contributed by atoms with E-state index in [9.17, 15) is 9.90 Å². The molecule has 0 saturated heterocycles. The van der Waals surface area contributed by atoms with Gasteiger partial charge in [0.25, 0.3) is 5.91 Å². The lowest BCUT2D eigenvalue weighted by Gasteiger charge is -2.08. The van der Waals surface area contributed by atoms with Crippen LogP contribution in [0, 0.1) is 0 Å². The SMILES string of the molecule is CSc1cc(O)ccc1NC(=O)c1cnn(C)c1. The summed E-state index contributed by atoms with van der Waals surface area (Å²) in [6.07, 6.45) is 5.04. The van der Waals surface area contributed by atoms with Crippen LogP contribution in [0.15, 0.2) is 35.5 Å². The number of phenols is 1. The molecule has 0 unspecified atom stereocenters. The number of hydrogen-bond donors (Lipinski definition) is 2. The van der Waals surface area contributed by atoms with E-state index in [4.69, 9.17) is 0 Å². The van der Waals surface area contributed by atoms with Crippen molar-refractivity contribution >= 4 is 23.4 Å². The lowest BCUT2D eigenvalue weighted by atomic mass is 10.2. The summed E-state index contributed by atoms with van der Waals surface area (Å²) >= 11 is 1.46. The summed E-state index contributed by atoms with van der Waals surface area (Å²) in [7, 11) is 1.75. The van der Waals surface area contributed by atoms with E-state index in [0.29, 0.717) is 11.3 Å². The molecule has 0 aliphatic rings. The molecule has 1 amide bonds. The fourth-order valence-corrected chi connectivity index (χ4v) is 2.09. The van der Waals surface area contributed by atoms with Gasteiger partial charge in [-0.1, -0.05) is 0 Å². The van der Waals surface area contributed by atoms with Crippen LogP contribution < -0.4 is 5.32 Å². The normalized spacial score (nSPS) is 10.3. The molecule has 0 saturated carbocycles. The highest BCUT2D eigenvalue weighted by Crippen LogP contribution is 2.29. The third-order valence-electron chi connectivity index (χ3n) is 2.40. The second-order valence-electron chi connectivity index (χ2n) is 3.74. The summed E-state index contributed by atoms with van der Waals surface area (Å²) in [6.45, 7) is 0. The van der Waals surface area contributed by atoms with Crippen LogP contribution in [0.2, 0.25) is 0 Å². The molecule has 5 nitrogen and oxygen atoms in total. The molecular weight excluding hydrogens is 250 g/mol. The Morgan fingerprint density at radius 3 is 2.89 bits per heavy atom. The average Bonchev–Trinajstić information content (AvgIpc) is 2.78. The number of amides is 1. The Hall–Kier alpha value is -1.95. The first-order chi connectivity index (χ1) is 8.60. The number of carbonyl (C=O) groups excluding carboxylic acids is 1. The van der Waals surface area contributed by atoms with Crippen molar-refractivity contribution < 1.29 is 9.90 Å². The van der Waals surface area contributed by atoms with E-state index < -0.39 is 0 Å². The van der Waals surface area contributed by atoms with Gasteiger partial charge in [-0.05, 0) is 24.5 Å². The van der Waals surface area contributed by atoms with E-state index in [1.807, 2.05) is 6.26 Å². The molecule has 2 rings (SSSR count). The fourth-order valence-electron chi connectivity index (χ4n) is 1.52. The smallest absolute Gasteiger partial charge is 0.258 e. The van der Waals surface area contributed by atoms with Gasteiger partial charge in [0.1, 0.15) is 5.75 Å². The van der Waals surface area contributed by atoms with Gasteiger partial charge >= 0.3 is 0 Å². The molecule has 0 atom stereocenters. The van der Waals surface area contributed by atoms with Crippen LogP contribution in [0.25, 0.3) is 0 Å². The summed E-state index contributed by atoms with van der Waals surface area (Å²) < 4.78 is 1.57. The van der Waals surface area contributed by atoms with Crippen LogP contribution in [0.4, 0.5) is 5.69 Å². The largest absolute Gasteiger partial charge is 0.508 e. The van der Waals surface area contributed by atoms with Gasteiger partial charge < -0.3 is 10.4 Å². The number of aromatic hydroxyl groups is 1. The highest BCUT2D eigenvalue weighted by molar-refractivity contribution is 7.98. The van der Waals surface area contributed by atoms with Crippen molar-refractivity contribution in [1.82, 2.24) is 9.78 Å². The van der Waals surface area contributed by atoms with Gasteiger partial charge in [-0.25, -0.2) is 0 Å². The van der Waals surface area contributed by atoms with Gasteiger partial charge in [-0.3, -0.25) is 9.48 Å². The standard InChI is InChI=1S/C12H13N3O2S/c1-15-7-8(6-13-15)12(17)14-10-4-3-9(16)5-11(10)18-2/h3-7,16H,1-2H3,(H,14,17). The summed E-state index contributed by atoms with van der Waals surface area (Å²) in [5.41, 5.74) is 1.17. The first kappa shape index (κ1) is 12.5. The van der Waals surface area contributed by atoms with Crippen molar-refractivity contribution in [1.29, 1.82) is 0 Å². The number of hydrogen-bond acceptors (Lipinski definition) is 4. The molecule has 1 aromatic carbocycles. The van der Waals surface area contributed by atoms with Gasteiger partial charge in [-0.15, -0.1) is 11.8 Å². The van der Waals surface area contributed by atoms with Crippen molar-refractivity contribution in [2.24, 2.45) is 7.05 Å². The maximum atomic E-state index is 11.9. The van der Waals surface area contributed by atoms with E-state index in [1.54, 1.807) is 36.1 Å². The molecule has 2 N–H and O–H groups in total. The van der Waals surface area contributed by atoms with Crippen molar-refractivity contribution in [3.63, 3.8) is 0 Å². The topological polar surface area (TPSA) is 67.2 Å². The molecule has 1 heterocycles. The molecular formula is C12H13N3O2S. The van der Waals surface area contributed by atoms with Crippen LogP contribution >= 0.6 is 11.8 Å².